The lowest BCUT2D eigenvalue weighted by molar-refractivity contribution is -0.122. The second-order valence-electron chi connectivity index (χ2n) is 7.90. The Morgan fingerprint density at radius 2 is 1.80 bits per heavy atom. The molecule has 4 rings (SSSR count). The van der Waals surface area contributed by atoms with E-state index < -0.39 is 27.8 Å². The molecular formula is C24H21ClN4O5S. The summed E-state index contributed by atoms with van der Waals surface area (Å²) in [6.07, 6.45) is 1.62. The SMILES string of the molecule is CC(CNC(=O)c1ccc(-n2ccccc2=O)cc1)C(=O)NS(=O)(=O)c1cc2ccc(Cl)cc2[nH]1. The van der Waals surface area contributed by atoms with Crippen LogP contribution in [0.25, 0.3) is 16.6 Å². The summed E-state index contributed by atoms with van der Waals surface area (Å²) < 4.78 is 28.7. The zero-order chi connectivity index (χ0) is 25.2. The third-order valence-electron chi connectivity index (χ3n) is 5.33. The van der Waals surface area contributed by atoms with Gasteiger partial charge in [0.15, 0.2) is 5.03 Å². The van der Waals surface area contributed by atoms with Gasteiger partial charge in [-0.25, -0.2) is 4.72 Å². The molecule has 2 aromatic carbocycles. The highest BCUT2D eigenvalue weighted by atomic mass is 35.5. The van der Waals surface area contributed by atoms with Gasteiger partial charge >= 0.3 is 0 Å². The van der Waals surface area contributed by atoms with E-state index in [-0.39, 0.29) is 17.1 Å². The van der Waals surface area contributed by atoms with Crippen LogP contribution in [0.4, 0.5) is 0 Å². The number of aromatic amines is 1. The van der Waals surface area contributed by atoms with Crippen LogP contribution in [0.2, 0.25) is 5.02 Å². The van der Waals surface area contributed by atoms with E-state index in [1.54, 1.807) is 60.8 Å². The Bertz CT molecular complexity index is 1580. The van der Waals surface area contributed by atoms with Crippen LogP contribution in [0.15, 0.2) is 82.7 Å². The molecule has 9 nitrogen and oxygen atoms in total. The van der Waals surface area contributed by atoms with Gasteiger partial charge in [-0.05, 0) is 48.5 Å². The molecule has 1 unspecified atom stereocenters. The summed E-state index contributed by atoms with van der Waals surface area (Å²) in [5, 5.41) is 3.52. The van der Waals surface area contributed by atoms with Gasteiger partial charge in [0.2, 0.25) is 5.91 Å². The van der Waals surface area contributed by atoms with Crippen molar-refractivity contribution < 1.29 is 18.0 Å². The monoisotopic (exact) mass is 512 g/mol. The van der Waals surface area contributed by atoms with Crippen LogP contribution < -0.4 is 15.6 Å². The van der Waals surface area contributed by atoms with Crippen LogP contribution >= 0.6 is 11.6 Å². The fraction of sp³-hybridized carbons (Fsp3) is 0.125. The fourth-order valence-corrected chi connectivity index (χ4v) is 4.63. The molecule has 3 N–H and O–H groups in total. The molecule has 2 amide bonds. The number of hydrogen-bond acceptors (Lipinski definition) is 5. The number of carbonyl (C=O) groups excluding carboxylic acids is 2. The topological polar surface area (TPSA) is 130 Å². The number of fused-ring (bicyclic) bond motifs is 1. The molecule has 0 fully saturated rings. The number of hydrogen-bond donors (Lipinski definition) is 3. The lowest BCUT2D eigenvalue weighted by atomic mass is 10.1. The van der Waals surface area contributed by atoms with E-state index in [4.69, 9.17) is 11.6 Å². The van der Waals surface area contributed by atoms with Crippen molar-refractivity contribution in [2.24, 2.45) is 5.92 Å². The summed E-state index contributed by atoms with van der Waals surface area (Å²) in [6, 6.07) is 17.5. The van der Waals surface area contributed by atoms with E-state index in [2.05, 4.69) is 10.3 Å². The molecule has 0 aliphatic rings. The van der Waals surface area contributed by atoms with Gasteiger partial charge in [-0.3, -0.25) is 19.0 Å². The standard InChI is InChI=1S/C24H21ClN4O5S/c1-15(23(31)28-35(33,34)21-12-17-5-8-18(25)13-20(17)27-21)14-26-24(32)16-6-9-19(10-7-16)29-11-3-2-4-22(29)30/h2-13,15,27H,14H2,1H3,(H,26,32)(H,28,31). The molecule has 4 aromatic rings. The summed E-state index contributed by atoms with van der Waals surface area (Å²) >= 11 is 5.93. The maximum Gasteiger partial charge on any atom is 0.279 e. The number of nitrogens with zero attached hydrogens (tertiary/aromatic N) is 1. The number of carbonyl (C=O) groups is 2. The first-order valence-corrected chi connectivity index (χ1v) is 12.4. The van der Waals surface area contributed by atoms with Gasteiger partial charge in [-0.15, -0.1) is 0 Å². The third kappa shape index (κ3) is 5.44. The van der Waals surface area contributed by atoms with Gasteiger partial charge in [-0.1, -0.05) is 30.7 Å². The Kier molecular flexibility index (Phi) is 6.77. The van der Waals surface area contributed by atoms with Crippen molar-refractivity contribution in [2.75, 3.05) is 6.54 Å². The number of aromatic nitrogens is 2. The molecule has 0 saturated carbocycles. The van der Waals surface area contributed by atoms with E-state index in [1.165, 1.54) is 23.6 Å². The maximum atomic E-state index is 12.6. The van der Waals surface area contributed by atoms with Crippen LogP contribution in [-0.2, 0) is 14.8 Å². The molecule has 35 heavy (non-hydrogen) atoms. The molecule has 0 radical (unpaired) electrons. The van der Waals surface area contributed by atoms with Gasteiger partial charge in [-0.2, -0.15) is 8.42 Å². The average molecular weight is 513 g/mol. The van der Waals surface area contributed by atoms with E-state index in [1.807, 2.05) is 4.72 Å². The smallest absolute Gasteiger partial charge is 0.279 e. The second-order valence-corrected chi connectivity index (χ2v) is 9.99. The maximum absolute atomic E-state index is 12.6. The second kappa shape index (κ2) is 9.77. The zero-order valence-corrected chi connectivity index (χ0v) is 20.1. The van der Waals surface area contributed by atoms with Crippen LogP contribution in [-0.4, -0.2) is 36.3 Å². The van der Waals surface area contributed by atoms with Gasteiger partial charge in [0.1, 0.15) is 0 Å². The first-order chi connectivity index (χ1) is 16.6. The summed E-state index contributed by atoms with van der Waals surface area (Å²) in [7, 11) is -4.14. The minimum absolute atomic E-state index is 0.0810. The Balaban J connectivity index is 1.36. The lowest BCUT2D eigenvalue weighted by Crippen LogP contribution is -2.40. The van der Waals surface area contributed by atoms with Crippen molar-refractivity contribution in [1.82, 2.24) is 19.6 Å². The minimum atomic E-state index is -4.14. The Hall–Kier alpha value is -3.89. The normalized spacial score (nSPS) is 12.3. The first kappa shape index (κ1) is 24.2. The van der Waals surface area contributed by atoms with Crippen LogP contribution in [0, 0.1) is 5.92 Å². The fourth-order valence-electron chi connectivity index (χ4n) is 3.36. The molecule has 0 aliphatic carbocycles. The molecular weight excluding hydrogens is 492 g/mol. The Labute approximate surface area is 205 Å². The van der Waals surface area contributed by atoms with Crippen molar-refractivity contribution in [3.05, 3.63) is 93.9 Å². The van der Waals surface area contributed by atoms with Crippen LogP contribution in [0.3, 0.4) is 0 Å². The molecule has 0 bridgehead atoms. The number of pyridine rings is 1. The number of amides is 2. The quantitative estimate of drug-likeness (QED) is 0.350. The van der Waals surface area contributed by atoms with E-state index in [9.17, 15) is 22.8 Å². The zero-order valence-electron chi connectivity index (χ0n) is 18.5. The summed E-state index contributed by atoms with van der Waals surface area (Å²) in [5.41, 5.74) is 1.25. The molecule has 11 heteroatoms. The largest absolute Gasteiger partial charge is 0.351 e. The number of H-pyrrole nitrogens is 1. The van der Waals surface area contributed by atoms with Crippen molar-refractivity contribution >= 4 is 44.3 Å². The number of benzene rings is 2. The highest BCUT2D eigenvalue weighted by Crippen LogP contribution is 2.22. The minimum Gasteiger partial charge on any atom is -0.351 e. The van der Waals surface area contributed by atoms with E-state index in [0.717, 1.165) is 0 Å². The molecule has 0 saturated heterocycles. The van der Waals surface area contributed by atoms with Crippen LogP contribution in [0.5, 0.6) is 0 Å². The highest BCUT2D eigenvalue weighted by Gasteiger charge is 2.24. The van der Waals surface area contributed by atoms with Gasteiger partial charge in [0, 0.05) is 46.0 Å². The Morgan fingerprint density at radius 3 is 2.51 bits per heavy atom. The predicted octanol–water partition coefficient (Wildman–Crippen LogP) is 2.84. The number of rotatable bonds is 7. The molecule has 2 aromatic heterocycles. The van der Waals surface area contributed by atoms with Gasteiger partial charge in [0.25, 0.3) is 21.5 Å². The van der Waals surface area contributed by atoms with Crippen LogP contribution in [0.1, 0.15) is 17.3 Å². The number of halogens is 1. The van der Waals surface area contributed by atoms with Gasteiger partial charge < -0.3 is 10.3 Å². The third-order valence-corrected chi connectivity index (χ3v) is 6.83. The highest BCUT2D eigenvalue weighted by molar-refractivity contribution is 7.90. The predicted molar refractivity (Wildman–Crippen MR) is 132 cm³/mol. The molecule has 1 atom stereocenters. The Morgan fingerprint density at radius 1 is 1.06 bits per heavy atom. The van der Waals surface area contributed by atoms with Gasteiger partial charge in [0.05, 0.1) is 5.92 Å². The lowest BCUT2D eigenvalue weighted by Gasteiger charge is -2.13. The van der Waals surface area contributed by atoms with Crippen molar-refractivity contribution in [2.45, 2.75) is 11.9 Å². The molecule has 0 aliphatic heterocycles. The van der Waals surface area contributed by atoms with E-state index in [0.29, 0.717) is 27.2 Å². The van der Waals surface area contributed by atoms with E-state index >= 15 is 0 Å². The van der Waals surface area contributed by atoms with Crippen molar-refractivity contribution in [1.29, 1.82) is 0 Å². The molecule has 2 heterocycles. The summed E-state index contributed by atoms with van der Waals surface area (Å²) in [5.74, 6) is -2.03. The first-order valence-electron chi connectivity index (χ1n) is 10.6. The molecule has 180 valence electrons. The summed E-state index contributed by atoms with van der Waals surface area (Å²) in [6.45, 7) is 1.42. The van der Waals surface area contributed by atoms with Crippen molar-refractivity contribution in [3.8, 4) is 5.69 Å². The average Bonchev–Trinajstić information content (AvgIpc) is 3.27. The van der Waals surface area contributed by atoms with Crippen molar-refractivity contribution in [3.63, 3.8) is 0 Å². The number of sulfonamides is 1. The molecule has 0 spiro atoms. The number of nitrogens with one attached hydrogen (secondary N) is 3. The summed E-state index contributed by atoms with van der Waals surface area (Å²) in [4.78, 5) is 39.6.